The number of nitrogens with one attached hydrogen (secondary N) is 1. The maximum absolute atomic E-state index is 3.67. The summed E-state index contributed by atoms with van der Waals surface area (Å²) in [7, 11) is 0. The number of likely N-dealkylation sites (N-methyl/N-ethyl adjacent to an activating group) is 1. The molecule has 0 aliphatic heterocycles. The molecule has 0 amide bonds. The van der Waals surface area contributed by atoms with Crippen molar-refractivity contribution < 1.29 is 0 Å². The summed E-state index contributed by atoms with van der Waals surface area (Å²) in [5.74, 6) is 0. The zero-order valence-electron chi connectivity index (χ0n) is 13.9. The van der Waals surface area contributed by atoms with Crippen LogP contribution in [0, 0.1) is 0 Å². The van der Waals surface area contributed by atoms with Crippen molar-refractivity contribution in [2.24, 2.45) is 0 Å². The monoisotopic (exact) mass is 276 g/mol. The Bertz CT molecular complexity index is 355. The highest BCUT2D eigenvalue weighted by atomic mass is 15.1. The Morgan fingerprint density at radius 3 is 2.25 bits per heavy atom. The van der Waals surface area contributed by atoms with E-state index in [2.05, 4.69) is 75.2 Å². The van der Waals surface area contributed by atoms with Gasteiger partial charge in [0.25, 0.3) is 0 Å². The summed E-state index contributed by atoms with van der Waals surface area (Å²) in [6, 6.07) is 11.4. The summed E-state index contributed by atoms with van der Waals surface area (Å²) in [4.78, 5) is 2.47. The molecule has 0 fully saturated rings. The molecule has 114 valence electrons. The van der Waals surface area contributed by atoms with E-state index in [9.17, 15) is 0 Å². The average Bonchev–Trinajstić information content (AvgIpc) is 2.45. The van der Waals surface area contributed by atoms with Crippen LogP contribution in [0.1, 0.15) is 46.6 Å². The molecule has 1 N–H and O–H groups in total. The molecule has 0 bridgehead atoms. The summed E-state index contributed by atoms with van der Waals surface area (Å²) >= 11 is 0. The fourth-order valence-electron chi connectivity index (χ4n) is 2.60. The molecule has 0 aliphatic carbocycles. The van der Waals surface area contributed by atoms with E-state index in [4.69, 9.17) is 0 Å². The van der Waals surface area contributed by atoms with Gasteiger partial charge in [-0.3, -0.25) is 0 Å². The normalized spacial score (nSPS) is 13.7. The molecular formula is C18H32N2. The van der Waals surface area contributed by atoms with Crippen molar-refractivity contribution in [1.82, 2.24) is 10.2 Å². The quantitative estimate of drug-likeness (QED) is 0.740. The van der Waals surface area contributed by atoms with Crippen molar-refractivity contribution in [1.29, 1.82) is 0 Å². The van der Waals surface area contributed by atoms with E-state index in [1.165, 1.54) is 12.0 Å². The molecule has 2 heteroatoms. The van der Waals surface area contributed by atoms with Gasteiger partial charge >= 0.3 is 0 Å². The summed E-state index contributed by atoms with van der Waals surface area (Å²) in [5, 5.41) is 3.67. The van der Waals surface area contributed by atoms with Gasteiger partial charge in [-0.2, -0.15) is 0 Å². The number of hydrogen-bond donors (Lipinski definition) is 1. The van der Waals surface area contributed by atoms with Gasteiger partial charge in [0.1, 0.15) is 0 Å². The van der Waals surface area contributed by atoms with E-state index in [0.29, 0.717) is 6.04 Å². The van der Waals surface area contributed by atoms with Gasteiger partial charge < -0.3 is 10.2 Å². The Kier molecular flexibility index (Phi) is 7.25. The van der Waals surface area contributed by atoms with E-state index in [1.54, 1.807) is 0 Å². The Balaban J connectivity index is 2.36. The predicted molar refractivity (Wildman–Crippen MR) is 89.3 cm³/mol. The van der Waals surface area contributed by atoms with Crippen LogP contribution in [0.2, 0.25) is 0 Å². The third-order valence-corrected chi connectivity index (χ3v) is 4.22. The molecule has 0 saturated carbocycles. The molecule has 2 nitrogen and oxygen atoms in total. The third-order valence-electron chi connectivity index (χ3n) is 4.22. The van der Waals surface area contributed by atoms with Crippen molar-refractivity contribution in [2.75, 3.05) is 26.2 Å². The molecule has 1 unspecified atom stereocenters. The predicted octanol–water partition coefficient (Wildman–Crippen LogP) is 3.67. The first-order valence-electron chi connectivity index (χ1n) is 8.00. The molecule has 1 aromatic carbocycles. The smallest absolute Gasteiger partial charge is 0.0166 e. The van der Waals surface area contributed by atoms with Crippen LogP contribution >= 0.6 is 0 Å². The lowest BCUT2D eigenvalue weighted by Crippen LogP contribution is -2.40. The first kappa shape index (κ1) is 17.2. The minimum atomic E-state index is 0.239. The minimum Gasteiger partial charge on any atom is -0.313 e. The van der Waals surface area contributed by atoms with Crippen LogP contribution in [0.25, 0.3) is 0 Å². The van der Waals surface area contributed by atoms with E-state index < -0.39 is 0 Å². The van der Waals surface area contributed by atoms with Crippen LogP contribution in [0.3, 0.4) is 0 Å². The first-order valence-corrected chi connectivity index (χ1v) is 8.00. The largest absolute Gasteiger partial charge is 0.313 e. The first-order chi connectivity index (χ1) is 9.49. The van der Waals surface area contributed by atoms with E-state index in [0.717, 1.165) is 26.2 Å². The molecule has 0 radical (unpaired) electrons. The van der Waals surface area contributed by atoms with Crippen molar-refractivity contribution in [3.05, 3.63) is 35.9 Å². The Labute approximate surface area is 125 Å². The highest BCUT2D eigenvalue weighted by Gasteiger charge is 2.20. The molecule has 1 atom stereocenters. The van der Waals surface area contributed by atoms with Crippen LogP contribution in [0.5, 0.6) is 0 Å². The number of hydrogen-bond acceptors (Lipinski definition) is 2. The van der Waals surface area contributed by atoms with Crippen molar-refractivity contribution in [2.45, 2.75) is 52.5 Å². The average molecular weight is 276 g/mol. The Morgan fingerprint density at radius 1 is 1.10 bits per heavy atom. The lowest BCUT2D eigenvalue weighted by molar-refractivity contribution is 0.268. The molecule has 0 saturated heterocycles. The number of benzene rings is 1. The Morgan fingerprint density at radius 2 is 1.70 bits per heavy atom. The van der Waals surface area contributed by atoms with Crippen LogP contribution in [-0.2, 0) is 5.41 Å². The molecule has 0 aromatic heterocycles. The molecule has 1 aromatic rings. The van der Waals surface area contributed by atoms with Gasteiger partial charge in [-0.25, -0.2) is 0 Å². The highest BCUT2D eigenvalue weighted by molar-refractivity contribution is 5.23. The highest BCUT2D eigenvalue weighted by Crippen LogP contribution is 2.26. The summed E-state index contributed by atoms with van der Waals surface area (Å²) < 4.78 is 0. The zero-order valence-corrected chi connectivity index (χ0v) is 13.9. The Hall–Kier alpha value is -0.860. The fraction of sp³-hybridized carbons (Fsp3) is 0.667. The fourth-order valence-corrected chi connectivity index (χ4v) is 2.60. The molecule has 1 rings (SSSR count). The van der Waals surface area contributed by atoms with Gasteiger partial charge in [0, 0.05) is 12.6 Å². The van der Waals surface area contributed by atoms with E-state index in [-0.39, 0.29) is 5.41 Å². The minimum absolute atomic E-state index is 0.239. The SMILES string of the molecule is CCN(CC)CC(C)NCCC(C)(C)c1ccccc1. The zero-order chi connectivity index (χ0) is 15.0. The standard InChI is InChI=1S/C18H32N2/c1-6-20(7-2)15-16(3)19-14-13-18(4,5)17-11-9-8-10-12-17/h8-12,16,19H,6-7,13-15H2,1-5H3. The lowest BCUT2D eigenvalue weighted by Gasteiger charge is -2.28. The van der Waals surface area contributed by atoms with Crippen molar-refractivity contribution in [3.63, 3.8) is 0 Å². The van der Waals surface area contributed by atoms with E-state index in [1.807, 2.05) is 0 Å². The van der Waals surface area contributed by atoms with Gasteiger partial charge in [-0.05, 0) is 44.0 Å². The third kappa shape index (κ3) is 5.64. The second-order valence-corrected chi connectivity index (χ2v) is 6.34. The summed E-state index contributed by atoms with van der Waals surface area (Å²) in [6.07, 6.45) is 1.17. The van der Waals surface area contributed by atoms with Crippen LogP contribution in [-0.4, -0.2) is 37.1 Å². The van der Waals surface area contributed by atoms with Crippen LogP contribution in [0.4, 0.5) is 0 Å². The summed E-state index contributed by atoms with van der Waals surface area (Å²) in [6.45, 7) is 15.9. The summed E-state index contributed by atoms with van der Waals surface area (Å²) in [5.41, 5.74) is 1.67. The van der Waals surface area contributed by atoms with Gasteiger partial charge in [-0.15, -0.1) is 0 Å². The van der Waals surface area contributed by atoms with Crippen molar-refractivity contribution in [3.8, 4) is 0 Å². The molecule has 0 aliphatic rings. The second-order valence-electron chi connectivity index (χ2n) is 6.34. The van der Waals surface area contributed by atoms with Gasteiger partial charge in [0.05, 0.1) is 0 Å². The molecular weight excluding hydrogens is 244 g/mol. The number of rotatable bonds is 9. The molecule has 20 heavy (non-hydrogen) atoms. The van der Waals surface area contributed by atoms with Gasteiger partial charge in [0.2, 0.25) is 0 Å². The van der Waals surface area contributed by atoms with E-state index >= 15 is 0 Å². The van der Waals surface area contributed by atoms with Crippen molar-refractivity contribution >= 4 is 0 Å². The lowest BCUT2D eigenvalue weighted by atomic mass is 9.81. The van der Waals surface area contributed by atoms with Gasteiger partial charge in [0.15, 0.2) is 0 Å². The number of nitrogens with zero attached hydrogens (tertiary/aromatic N) is 1. The topological polar surface area (TPSA) is 15.3 Å². The second kappa shape index (κ2) is 8.43. The van der Waals surface area contributed by atoms with Gasteiger partial charge in [-0.1, -0.05) is 58.0 Å². The molecule has 0 heterocycles. The maximum Gasteiger partial charge on any atom is 0.0166 e. The maximum atomic E-state index is 3.67. The van der Waals surface area contributed by atoms with Crippen LogP contribution < -0.4 is 5.32 Å². The molecule has 0 spiro atoms. The van der Waals surface area contributed by atoms with Crippen LogP contribution in [0.15, 0.2) is 30.3 Å².